The first-order valence-electron chi connectivity index (χ1n) is 6.35. The predicted molar refractivity (Wildman–Crippen MR) is 74.6 cm³/mol. The van der Waals surface area contributed by atoms with Gasteiger partial charge in [-0.15, -0.1) is 10.2 Å². The topological polar surface area (TPSA) is 78.3 Å². The Balaban J connectivity index is 1.63. The SMILES string of the molecule is Cn1cnnc1CCNC(=O)c1cc(Cl)c2c(c1)OCO2. The van der Waals surface area contributed by atoms with Crippen molar-refractivity contribution < 1.29 is 14.3 Å². The first kappa shape index (κ1) is 13.7. The molecule has 3 rings (SSSR count). The number of aryl methyl sites for hydroxylation is 1. The van der Waals surface area contributed by atoms with E-state index in [0.29, 0.717) is 35.1 Å². The molecule has 7 nitrogen and oxygen atoms in total. The molecular formula is C13H13ClN4O3. The van der Waals surface area contributed by atoms with Crippen molar-refractivity contribution in [1.29, 1.82) is 0 Å². The van der Waals surface area contributed by atoms with Gasteiger partial charge in [-0.05, 0) is 12.1 Å². The van der Waals surface area contributed by atoms with Crippen LogP contribution in [0, 0.1) is 0 Å². The van der Waals surface area contributed by atoms with Crippen LogP contribution in [0.4, 0.5) is 0 Å². The van der Waals surface area contributed by atoms with Gasteiger partial charge in [0.15, 0.2) is 11.5 Å². The number of hydrogen-bond donors (Lipinski definition) is 1. The summed E-state index contributed by atoms with van der Waals surface area (Å²) in [5.74, 6) is 1.55. The second-order valence-electron chi connectivity index (χ2n) is 4.56. The van der Waals surface area contributed by atoms with Crippen molar-refractivity contribution in [2.45, 2.75) is 6.42 Å². The number of aromatic nitrogens is 3. The molecule has 1 aromatic carbocycles. The molecule has 2 heterocycles. The molecule has 0 fully saturated rings. The number of carbonyl (C=O) groups excluding carboxylic acids is 1. The molecule has 0 aliphatic carbocycles. The van der Waals surface area contributed by atoms with Crippen LogP contribution in [0.1, 0.15) is 16.2 Å². The van der Waals surface area contributed by atoms with Crippen LogP contribution in [0.3, 0.4) is 0 Å². The Hall–Kier alpha value is -2.28. The van der Waals surface area contributed by atoms with Crippen LogP contribution in [0.25, 0.3) is 0 Å². The minimum absolute atomic E-state index is 0.117. The lowest BCUT2D eigenvalue weighted by Crippen LogP contribution is -2.26. The van der Waals surface area contributed by atoms with E-state index in [-0.39, 0.29) is 12.7 Å². The molecule has 0 radical (unpaired) electrons. The largest absolute Gasteiger partial charge is 0.454 e. The number of ether oxygens (including phenoxy) is 2. The maximum absolute atomic E-state index is 12.1. The zero-order valence-corrected chi connectivity index (χ0v) is 12.1. The monoisotopic (exact) mass is 308 g/mol. The van der Waals surface area contributed by atoms with Crippen LogP contribution in [-0.2, 0) is 13.5 Å². The van der Waals surface area contributed by atoms with Gasteiger partial charge in [-0.3, -0.25) is 4.79 Å². The number of hydrogen-bond acceptors (Lipinski definition) is 5. The van der Waals surface area contributed by atoms with Crippen LogP contribution < -0.4 is 14.8 Å². The second-order valence-corrected chi connectivity index (χ2v) is 4.96. The summed E-state index contributed by atoms with van der Waals surface area (Å²) >= 11 is 6.05. The van der Waals surface area contributed by atoms with Crippen LogP contribution in [-0.4, -0.2) is 34.0 Å². The minimum atomic E-state index is -0.225. The van der Waals surface area contributed by atoms with Crippen molar-refractivity contribution in [2.24, 2.45) is 7.05 Å². The van der Waals surface area contributed by atoms with Crippen molar-refractivity contribution in [3.8, 4) is 11.5 Å². The Bertz CT molecular complexity index is 686. The number of carbonyl (C=O) groups is 1. The Kier molecular flexibility index (Phi) is 3.66. The van der Waals surface area contributed by atoms with Crippen LogP contribution in [0.5, 0.6) is 11.5 Å². The molecule has 0 spiro atoms. The first-order chi connectivity index (χ1) is 10.1. The number of nitrogens with zero attached hydrogens (tertiary/aromatic N) is 3. The van der Waals surface area contributed by atoms with Crippen molar-refractivity contribution in [1.82, 2.24) is 20.1 Å². The molecule has 0 unspecified atom stereocenters. The molecule has 8 heteroatoms. The number of nitrogens with one attached hydrogen (secondary N) is 1. The molecule has 1 aliphatic heterocycles. The van der Waals surface area contributed by atoms with Crippen molar-refractivity contribution in [3.63, 3.8) is 0 Å². The number of benzene rings is 1. The average molecular weight is 309 g/mol. The van der Waals surface area contributed by atoms with Crippen LogP contribution in [0.15, 0.2) is 18.5 Å². The molecule has 0 atom stereocenters. The minimum Gasteiger partial charge on any atom is -0.454 e. The summed E-state index contributed by atoms with van der Waals surface area (Å²) in [7, 11) is 1.86. The molecule has 2 aromatic rings. The summed E-state index contributed by atoms with van der Waals surface area (Å²) in [6.45, 7) is 0.573. The van der Waals surface area contributed by atoms with Gasteiger partial charge in [0.25, 0.3) is 5.91 Å². The second kappa shape index (κ2) is 5.61. The third kappa shape index (κ3) is 2.78. The summed E-state index contributed by atoms with van der Waals surface area (Å²) in [5.41, 5.74) is 0.433. The highest BCUT2D eigenvalue weighted by atomic mass is 35.5. The average Bonchev–Trinajstić information content (AvgIpc) is 3.08. The highest BCUT2D eigenvalue weighted by Gasteiger charge is 2.20. The van der Waals surface area contributed by atoms with Gasteiger partial charge in [-0.1, -0.05) is 11.6 Å². The number of halogens is 1. The lowest BCUT2D eigenvalue weighted by molar-refractivity contribution is 0.0953. The zero-order valence-electron chi connectivity index (χ0n) is 11.3. The van der Waals surface area contributed by atoms with E-state index in [0.717, 1.165) is 5.82 Å². The third-order valence-electron chi connectivity index (χ3n) is 3.13. The molecule has 0 saturated heterocycles. The molecule has 21 heavy (non-hydrogen) atoms. The lowest BCUT2D eigenvalue weighted by Gasteiger charge is -2.07. The Morgan fingerprint density at radius 3 is 3.10 bits per heavy atom. The van der Waals surface area contributed by atoms with Gasteiger partial charge >= 0.3 is 0 Å². The van der Waals surface area contributed by atoms with Gasteiger partial charge in [-0.25, -0.2) is 0 Å². The van der Waals surface area contributed by atoms with E-state index in [1.54, 1.807) is 18.5 Å². The Morgan fingerprint density at radius 2 is 2.33 bits per heavy atom. The highest BCUT2D eigenvalue weighted by molar-refractivity contribution is 6.32. The Morgan fingerprint density at radius 1 is 1.48 bits per heavy atom. The predicted octanol–water partition coefficient (Wildman–Crippen LogP) is 1.17. The smallest absolute Gasteiger partial charge is 0.251 e. The molecule has 1 N–H and O–H groups in total. The van der Waals surface area contributed by atoms with Crippen molar-refractivity contribution >= 4 is 17.5 Å². The van der Waals surface area contributed by atoms with Gasteiger partial charge in [0.2, 0.25) is 6.79 Å². The molecular weight excluding hydrogens is 296 g/mol. The standard InChI is InChI=1S/C13H13ClN4O3/c1-18-6-16-17-11(18)2-3-15-13(19)8-4-9(14)12-10(5-8)20-7-21-12/h4-6H,2-3,7H2,1H3,(H,15,19). The van der Waals surface area contributed by atoms with E-state index in [2.05, 4.69) is 15.5 Å². The zero-order chi connectivity index (χ0) is 14.8. The number of fused-ring (bicyclic) bond motifs is 1. The van der Waals surface area contributed by atoms with E-state index in [1.165, 1.54) is 0 Å². The van der Waals surface area contributed by atoms with Gasteiger partial charge in [0.05, 0.1) is 5.02 Å². The first-order valence-corrected chi connectivity index (χ1v) is 6.73. The van der Waals surface area contributed by atoms with Crippen LogP contribution >= 0.6 is 11.6 Å². The van der Waals surface area contributed by atoms with Crippen molar-refractivity contribution in [3.05, 3.63) is 34.9 Å². The maximum Gasteiger partial charge on any atom is 0.251 e. The molecule has 1 aromatic heterocycles. The summed E-state index contributed by atoms with van der Waals surface area (Å²) in [4.78, 5) is 12.1. The summed E-state index contributed by atoms with van der Waals surface area (Å²) < 4.78 is 12.3. The molecule has 1 aliphatic rings. The quantitative estimate of drug-likeness (QED) is 0.917. The maximum atomic E-state index is 12.1. The fraction of sp³-hybridized carbons (Fsp3) is 0.308. The van der Waals surface area contributed by atoms with E-state index in [9.17, 15) is 4.79 Å². The third-order valence-corrected chi connectivity index (χ3v) is 3.41. The van der Waals surface area contributed by atoms with Gasteiger partial charge in [0, 0.05) is 25.6 Å². The molecule has 0 saturated carbocycles. The fourth-order valence-electron chi connectivity index (χ4n) is 2.02. The summed E-state index contributed by atoms with van der Waals surface area (Å²) in [6.07, 6.45) is 2.22. The lowest BCUT2D eigenvalue weighted by atomic mass is 10.2. The van der Waals surface area contributed by atoms with Gasteiger partial charge in [0.1, 0.15) is 12.2 Å². The van der Waals surface area contributed by atoms with E-state index >= 15 is 0 Å². The highest BCUT2D eigenvalue weighted by Crippen LogP contribution is 2.39. The molecule has 1 amide bonds. The van der Waals surface area contributed by atoms with Crippen molar-refractivity contribution in [2.75, 3.05) is 13.3 Å². The fourth-order valence-corrected chi connectivity index (χ4v) is 2.29. The van der Waals surface area contributed by atoms with E-state index in [4.69, 9.17) is 21.1 Å². The van der Waals surface area contributed by atoms with Crippen LogP contribution in [0.2, 0.25) is 5.02 Å². The summed E-state index contributed by atoms with van der Waals surface area (Å²) in [5, 5.41) is 10.9. The normalized spacial score (nSPS) is 12.5. The van der Waals surface area contributed by atoms with Gasteiger partial charge in [-0.2, -0.15) is 0 Å². The number of rotatable bonds is 4. The Labute approximate surface area is 125 Å². The van der Waals surface area contributed by atoms with Gasteiger partial charge < -0.3 is 19.4 Å². The van der Waals surface area contributed by atoms with E-state index < -0.39 is 0 Å². The summed E-state index contributed by atoms with van der Waals surface area (Å²) in [6, 6.07) is 3.18. The molecule has 110 valence electrons. The number of amides is 1. The molecule has 0 bridgehead atoms. The van der Waals surface area contributed by atoms with E-state index in [1.807, 2.05) is 11.6 Å².